The number of carbonyl (C=O) groups excluding carboxylic acids is 2. The Bertz CT molecular complexity index is 1890. The normalized spacial score (nSPS) is 14.8. The number of hydrogen-bond acceptors (Lipinski definition) is 9. The first kappa shape index (κ1) is 29.8. The Labute approximate surface area is 252 Å². The van der Waals surface area contributed by atoms with Gasteiger partial charge in [-0.1, -0.05) is 41.7 Å². The fourth-order valence-corrected chi connectivity index (χ4v) is 5.90. The number of rotatable bonds is 9. The van der Waals surface area contributed by atoms with E-state index in [0.717, 1.165) is 0 Å². The minimum atomic E-state index is -0.791. The number of ether oxygens (including phenoxy) is 3. The summed E-state index contributed by atoms with van der Waals surface area (Å²) in [4.78, 5) is 44.6. The highest BCUT2D eigenvalue weighted by molar-refractivity contribution is 7.07. The van der Waals surface area contributed by atoms with Crippen molar-refractivity contribution in [2.75, 3.05) is 13.2 Å². The van der Waals surface area contributed by atoms with Crippen LogP contribution < -0.4 is 19.6 Å². The molecule has 222 valence electrons. The topological polar surface area (TPSA) is 109 Å². The van der Waals surface area contributed by atoms with Crippen LogP contribution in [0.15, 0.2) is 86.1 Å². The van der Waals surface area contributed by atoms with E-state index < -0.39 is 18.0 Å². The minimum Gasteiger partial charge on any atom is -0.494 e. The van der Waals surface area contributed by atoms with Crippen molar-refractivity contribution in [3.8, 4) is 17.1 Å². The molecule has 0 spiro atoms. The smallest absolute Gasteiger partial charge is 0.338 e. The molecule has 1 atom stereocenters. The van der Waals surface area contributed by atoms with Crippen LogP contribution in [-0.2, 0) is 14.3 Å². The Balaban J connectivity index is 1.58. The second kappa shape index (κ2) is 12.7. The summed E-state index contributed by atoms with van der Waals surface area (Å²) in [6.07, 6.45) is 1.42. The van der Waals surface area contributed by atoms with Crippen molar-refractivity contribution in [1.29, 1.82) is 0 Å². The van der Waals surface area contributed by atoms with E-state index in [2.05, 4.69) is 4.99 Å². The number of fused-ring (bicyclic) bond motifs is 1. The number of thiazole rings is 1. The summed E-state index contributed by atoms with van der Waals surface area (Å²) < 4.78 is 24.5. The first-order chi connectivity index (χ1) is 20.7. The minimum absolute atomic E-state index is 0.183. The van der Waals surface area contributed by atoms with Gasteiger partial charge in [-0.2, -0.15) is 0 Å². The fourth-order valence-electron chi connectivity index (χ4n) is 4.88. The summed E-state index contributed by atoms with van der Waals surface area (Å²) in [7, 11) is 0. The predicted octanol–water partition coefficient (Wildman–Crippen LogP) is 5.02. The number of aromatic nitrogens is 1. The molecule has 3 heterocycles. The summed E-state index contributed by atoms with van der Waals surface area (Å²) in [5.41, 5.74) is 2.19. The zero-order chi connectivity index (χ0) is 30.7. The molecule has 10 heteroatoms. The highest BCUT2D eigenvalue weighted by Crippen LogP contribution is 2.36. The third-order valence-corrected chi connectivity index (χ3v) is 7.64. The Morgan fingerprint density at radius 3 is 2.58 bits per heavy atom. The third-order valence-electron chi connectivity index (χ3n) is 6.66. The lowest BCUT2D eigenvalue weighted by atomic mass is 9.95. The highest BCUT2D eigenvalue weighted by atomic mass is 32.1. The number of hydrogen-bond donors (Lipinski definition) is 0. The van der Waals surface area contributed by atoms with Crippen molar-refractivity contribution in [2.45, 2.75) is 46.8 Å². The standard InChI is InChI=1S/C33H32N2O7S/c1-6-39-26-14-9-8-13-24(26)29-28(32(38)40-7-2)20(5)34-33-35(29)30(36)27(43-33)18-23-15-16-25(42-23)21-11-10-12-22(17-21)31(37)41-19(3)4/h8-19,29H,6-7H2,1-5H3/b27-18+/t29-/m0/s1. The highest BCUT2D eigenvalue weighted by Gasteiger charge is 2.35. The maximum absolute atomic E-state index is 14.0. The second-order valence-corrected chi connectivity index (χ2v) is 11.0. The van der Waals surface area contributed by atoms with Gasteiger partial charge in [0.1, 0.15) is 23.3 Å². The molecule has 0 N–H and O–H groups in total. The van der Waals surface area contributed by atoms with Gasteiger partial charge in [0.25, 0.3) is 5.56 Å². The van der Waals surface area contributed by atoms with Crippen LogP contribution in [0, 0.1) is 0 Å². The van der Waals surface area contributed by atoms with Gasteiger partial charge in [0.05, 0.1) is 40.7 Å². The first-order valence-electron chi connectivity index (χ1n) is 14.0. The number of nitrogens with zero attached hydrogens (tertiary/aromatic N) is 2. The van der Waals surface area contributed by atoms with Gasteiger partial charge in [-0.05, 0) is 65.0 Å². The molecule has 0 aliphatic carbocycles. The molecule has 1 aliphatic rings. The van der Waals surface area contributed by atoms with Crippen LogP contribution in [0.25, 0.3) is 17.4 Å². The number of furan rings is 1. The maximum atomic E-state index is 14.0. The summed E-state index contributed by atoms with van der Waals surface area (Å²) in [5, 5.41) is 0. The Morgan fingerprint density at radius 2 is 1.84 bits per heavy atom. The molecule has 2 aromatic heterocycles. The van der Waals surface area contributed by atoms with E-state index in [0.29, 0.717) is 55.6 Å². The van der Waals surface area contributed by atoms with Gasteiger partial charge in [0, 0.05) is 17.2 Å². The zero-order valence-electron chi connectivity index (χ0n) is 24.6. The molecule has 43 heavy (non-hydrogen) atoms. The summed E-state index contributed by atoms with van der Waals surface area (Å²) >= 11 is 1.20. The van der Waals surface area contributed by atoms with Gasteiger partial charge >= 0.3 is 11.9 Å². The summed E-state index contributed by atoms with van der Waals surface area (Å²) in [6.45, 7) is 9.54. The lowest BCUT2D eigenvalue weighted by Gasteiger charge is -2.26. The van der Waals surface area contributed by atoms with E-state index in [1.54, 1.807) is 64.1 Å². The lowest BCUT2D eigenvalue weighted by Crippen LogP contribution is -2.40. The average molecular weight is 601 g/mol. The molecule has 0 unspecified atom stereocenters. The predicted molar refractivity (Wildman–Crippen MR) is 163 cm³/mol. The second-order valence-electron chi connectivity index (χ2n) is 10.0. The molecule has 1 aliphatic heterocycles. The quantitative estimate of drug-likeness (QED) is 0.248. The monoisotopic (exact) mass is 600 g/mol. The van der Waals surface area contributed by atoms with E-state index in [4.69, 9.17) is 18.6 Å². The van der Waals surface area contributed by atoms with Crippen LogP contribution in [0.5, 0.6) is 5.75 Å². The van der Waals surface area contributed by atoms with Gasteiger partial charge < -0.3 is 18.6 Å². The molecule has 2 aromatic carbocycles. The molecule has 5 rings (SSSR count). The van der Waals surface area contributed by atoms with Crippen molar-refractivity contribution in [3.05, 3.63) is 109 Å². The van der Waals surface area contributed by atoms with E-state index in [1.165, 1.54) is 15.9 Å². The number of benzene rings is 2. The van der Waals surface area contributed by atoms with Gasteiger partial charge in [-0.3, -0.25) is 9.36 Å². The lowest BCUT2D eigenvalue weighted by molar-refractivity contribution is -0.139. The van der Waals surface area contributed by atoms with E-state index in [1.807, 2.05) is 37.3 Å². The number of esters is 2. The van der Waals surface area contributed by atoms with Crippen molar-refractivity contribution in [1.82, 2.24) is 4.57 Å². The fraction of sp³-hybridized carbons (Fsp3) is 0.273. The van der Waals surface area contributed by atoms with Crippen LogP contribution in [0.3, 0.4) is 0 Å². The van der Waals surface area contributed by atoms with Crippen molar-refractivity contribution < 1.29 is 28.2 Å². The molecule has 0 radical (unpaired) electrons. The molecule has 4 aromatic rings. The van der Waals surface area contributed by atoms with Crippen LogP contribution in [0.1, 0.15) is 62.3 Å². The largest absolute Gasteiger partial charge is 0.494 e. The van der Waals surface area contributed by atoms with Crippen molar-refractivity contribution >= 4 is 29.4 Å². The average Bonchev–Trinajstić information content (AvgIpc) is 3.57. The van der Waals surface area contributed by atoms with Crippen LogP contribution >= 0.6 is 11.3 Å². The van der Waals surface area contributed by atoms with Crippen LogP contribution in [-0.4, -0.2) is 35.8 Å². The van der Waals surface area contributed by atoms with Crippen molar-refractivity contribution in [3.63, 3.8) is 0 Å². The Hall–Kier alpha value is -4.70. The van der Waals surface area contributed by atoms with Gasteiger partial charge in [0.15, 0.2) is 4.80 Å². The summed E-state index contributed by atoms with van der Waals surface area (Å²) in [6, 6.07) is 17.1. The zero-order valence-corrected chi connectivity index (χ0v) is 25.4. The molecular weight excluding hydrogens is 568 g/mol. The van der Waals surface area contributed by atoms with Crippen LogP contribution in [0.2, 0.25) is 0 Å². The molecular formula is C33H32N2O7S. The third kappa shape index (κ3) is 6.10. The Morgan fingerprint density at radius 1 is 1.05 bits per heavy atom. The Kier molecular flexibility index (Phi) is 8.77. The molecule has 0 amide bonds. The summed E-state index contributed by atoms with van der Waals surface area (Å²) in [5.74, 6) is 0.591. The molecule has 0 saturated heterocycles. The van der Waals surface area contributed by atoms with Gasteiger partial charge in [-0.25, -0.2) is 14.6 Å². The molecule has 9 nitrogen and oxygen atoms in total. The van der Waals surface area contributed by atoms with Gasteiger partial charge in [0.2, 0.25) is 0 Å². The molecule has 0 bridgehead atoms. The van der Waals surface area contributed by atoms with Gasteiger partial charge in [-0.15, -0.1) is 0 Å². The SMILES string of the molecule is CCOC(=O)C1=C(C)N=c2s/c(=C/c3ccc(-c4cccc(C(=O)OC(C)C)c4)o3)c(=O)n2[C@H]1c1ccccc1OCC. The maximum Gasteiger partial charge on any atom is 0.338 e. The molecule has 0 fully saturated rings. The van der Waals surface area contributed by atoms with Crippen molar-refractivity contribution in [2.24, 2.45) is 4.99 Å². The van der Waals surface area contributed by atoms with E-state index in [9.17, 15) is 14.4 Å². The first-order valence-corrected chi connectivity index (χ1v) is 14.9. The van der Waals surface area contributed by atoms with E-state index in [-0.39, 0.29) is 23.8 Å². The van der Waals surface area contributed by atoms with Crippen LogP contribution in [0.4, 0.5) is 0 Å². The molecule has 0 saturated carbocycles. The number of carbonyl (C=O) groups is 2. The number of allylic oxidation sites excluding steroid dienone is 1. The number of para-hydroxylation sites is 1. The van der Waals surface area contributed by atoms with E-state index >= 15 is 0 Å².